The first kappa shape index (κ1) is 32.8. The molecular formula is C29H53NO2Si2. The van der Waals surface area contributed by atoms with Crippen LogP contribution in [0.15, 0.2) is 47.1 Å². The molecule has 0 N–H and O–H groups in total. The Balaban J connectivity index is 6.05. The Labute approximate surface area is 214 Å². The molecule has 3 nitrogen and oxygen atoms in total. The fourth-order valence-corrected chi connectivity index (χ4v) is 5.96. The van der Waals surface area contributed by atoms with Gasteiger partial charge in [0.2, 0.25) is 0 Å². The Hall–Kier alpha value is -1.20. The number of nitriles is 1. The molecule has 0 aromatic carbocycles. The van der Waals surface area contributed by atoms with Crippen molar-refractivity contribution in [3.05, 3.63) is 47.1 Å². The predicted molar refractivity (Wildman–Crippen MR) is 155 cm³/mol. The Morgan fingerprint density at radius 3 is 1.74 bits per heavy atom. The number of allylic oxidation sites excluding steroid dienone is 7. The molecule has 0 radical (unpaired) electrons. The topological polar surface area (TPSA) is 42.2 Å². The molecule has 0 unspecified atom stereocenters. The summed E-state index contributed by atoms with van der Waals surface area (Å²) in [7, 11) is -3.92. The second-order valence-electron chi connectivity index (χ2n) is 12.9. The summed E-state index contributed by atoms with van der Waals surface area (Å²) in [6.45, 7) is 33.7. The van der Waals surface area contributed by atoms with Gasteiger partial charge in [0.25, 0.3) is 0 Å². The minimum absolute atomic E-state index is 0.00545. The maximum atomic E-state index is 8.77. The Morgan fingerprint density at radius 2 is 1.29 bits per heavy atom. The first-order chi connectivity index (χ1) is 15.2. The van der Waals surface area contributed by atoms with Crippen LogP contribution in [0.25, 0.3) is 0 Å². The first-order valence-electron chi connectivity index (χ1n) is 12.6. The van der Waals surface area contributed by atoms with Gasteiger partial charge in [0.1, 0.15) is 0 Å². The molecule has 0 heterocycles. The summed E-state index contributed by atoms with van der Waals surface area (Å²) in [5.41, 5.74) is 3.39. The van der Waals surface area contributed by atoms with E-state index in [-0.39, 0.29) is 28.2 Å². The van der Waals surface area contributed by atoms with E-state index in [0.29, 0.717) is 0 Å². The predicted octanol–water partition coefficient (Wildman–Crippen LogP) is 9.34. The number of hydrogen-bond acceptors (Lipinski definition) is 3. The minimum atomic E-state index is -1.99. The lowest BCUT2D eigenvalue weighted by molar-refractivity contribution is 0.0250. The number of nitrogens with zero attached hydrogens (tertiary/aromatic N) is 1. The van der Waals surface area contributed by atoms with Gasteiger partial charge in [-0.2, -0.15) is 5.26 Å². The van der Waals surface area contributed by atoms with Crippen LogP contribution in [0.2, 0.25) is 36.3 Å². The van der Waals surface area contributed by atoms with E-state index in [0.717, 1.165) is 5.57 Å². The smallest absolute Gasteiger partial charge is 0.192 e. The lowest BCUT2D eigenvalue weighted by Gasteiger charge is -2.45. The average molecular weight is 504 g/mol. The molecule has 0 aliphatic carbocycles. The highest BCUT2D eigenvalue weighted by molar-refractivity contribution is 6.74. The Kier molecular flexibility index (Phi) is 12.2. The van der Waals surface area contributed by atoms with Crippen LogP contribution in [0.1, 0.15) is 76.2 Å². The summed E-state index contributed by atoms with van der Waals surface area (Å²) in [6.07, 6.45) is 9.96. The summed E-state index contributed by atoms with van der Waals surface area (Å²) >= 11 is 0. The quantitative estimate of drug-likeness (QED) is 0.169. The van der Waals surface area contributed by atoms with Crippen LogP contribution in [-0.2, 0) is 8.85 Å². The zero-order valence-corrected chi connectivity index (χ0v) is 26.9. The van der Waals surface area contributed by atoms with Gasteiger partial charge in [-0.3, -0.25) is 0 Å². The van der Waals surface area contributed by atoms with Gasteiger partial charge in [-0.25, -0.2) is 0 Å². The molecule has 194 valence electrons. The third-order valence-electron chi connectivity index (χ3n) is 7.64. The van der Waals surface area contributed by atoms with Crippen LogP contribution in [-0.4, -0.2) is 28.8 Å². The average Bonchev–Trinajstić information content (AvgIpc) is 2.63. The van der Waals surface area contributed by atoms with E-state index < -0.39 is 16.6 Å². The summed E-state index contributed by atoms with van der Waals surface area (Å²) in [5.74, 6) is 0.210. The Morgan fingerprint density at radius 1 is 0.824 bits per heavy atom. The standard InChI is InChI=1S/C29H53NO2Si2/c1-22(19-20-30)17-16-18-23(2)24(3)21-25(4)27(32-34(14,15)29(9,10)11)26(5)31-33(12,13)28(6,7)8/h16-19,21,25-27H,1-15H3/b17-16+,22-19+,23-18+,24-21+/t25-,26-,27-/m0/s1. The molecule has 0 amide bonds. The fourth-order valence-electron chi connectivity index (χ4n) is 3.10. The lowest BCUT2D eigenvalue weighted by Crippen LogP contribution is -2.52. The van der Waals surface area contributed by atoms with Crippen molar-refractivity contribution in [2.75, 3.05) is 0 Å². The summed E-state index contributed by atoms with van der Waals surface area (Å²) in [6, 6.07) is 2.07. The van der Waals surface area contributed by atoms with Crippen molar-refractivity contribution in [2.24, 2.45) is 5.92 Å². The summed E-state index contributed by atoms with van der Waals surface area (Å²) in [4.78, 5) is 0. The maximum Gasteiger partial charge on any atom is 0.192 e. The Bertz CT molecular complexity index is 828. The monoisotopic (exact) mass is 503 g/mol. The van der Waals surface area contributed by atoms with Crippen LogP contribution in [0.4, 0.5) is 0 Å². The van der Waals surface area contributed by atoms with Gasteiger partial charge >= 0.3 is 0 Å². The number of rotatable bonds is 10. The number of hydrogen-bond donors (Lipinski definition) is 0. The largest absolute Gasteiger partial charge is 0.412 e. The van der Waals surface area contributed by atoms with Gasteiger partial charge in [0, 0.05) is 12.0 Å². The van der Waals surface area contributed by atoms with E-state index in [9.17, 15) is 0 Å². The summed E-state index contributed by atoms with van der Waals surface area (Å²) in [5, 5.41) is 9.06. The van der Waals surface area contributed by atoms with E-state index >= 15 is 0 Å². The molecule has 0 rings (SSSR count). The van der Waals surface area contributed by atoms with Gasteiger partial charge < -0.3 is 8.85 Å². The van der Waals surface area contributed by atoms with Gasteiger partial charge in [-0.05, 0) is 75.1 Å². The lowest BCUT2D eigenvalue weighted by atomic mass is 9.96. The SMILES string of the molecule is CC(/C=C/C=C(C)/C(C)=C/[C@H](C)[C@H](O[Si](C)(C)C(C)(C)C)[C@H](C)O[Si](C)(C)C(C)(C)C)=C\C#N. The van der Waals surface area contributed by atoms with Crippen molar-refractivity contribution in [1.29, 1.82) is 5.26 Å². The molecule has 5 heteroatoms. The molecule has 0 saturated heterocycles. The molecule has 0 fully saturated rings. The van der Waals surface area contributed by atoms with Crippen LogP contribution < -0.4 is 0 Å². The molecule has 0 aliphatic heterocycles. The molecule has 0 spiro atoms. The molecule has 0 aromatic rings. The molecular weight excluding hydrogens is 450 g/mol. The second kappa shape index (κ2) is 12.7. The van der Waals surface area contributed by atoms with Crippen LogP contribution >= 0.6 is 0 Å². The van der Waals surface area contributed by atoms with E-state index in [1.807, 2.05) is 19.1 Å². The van der Waals surface area contributed by atoms with E-state index in [1.165, 1.54) is 11.1 Å². The van der Waals surface area contributed by atoms with Crippen molar-refractivity contribution in [2.45, 2.75) is 125 Å². The van der Waals surface area contributed by atoms with E-state index in [1.54, 1.807) is 6.08 Å². The molecule has 34 heavy (non-hydrogen) atoms. The minimum Gasteiger partial charge on any atom is -0.412 e. The van der Waals surface area contributed by atoms with Crippen molar-refractivity contribution < 1.29 is 8.85 Å². The van der Waals surface area contributed by atoms with Crippen LogP contribution in [0, 0.1) is 17.2 Å². The van der Waals surface area contributed by atoms with Crippen molar-refractivity contribution in [3.8, 4) is 6.07 Å². The van der Waals surface area contributed by atoms with Crippen LogP contribution in [0.3, 0.4) is 0 Å². The van der Waals surface area contributed by atoms with E-state index in [4.69, 9.17) is 14.1 Å². The fraction of sp³-hybridized carbons (Fsp3) is 0.690. The zero-order valence-electron chi connectivity index (χ0n) is 24.9. The van der Waals surface area contributed by atoms with Crippen LogP contribution in [0.5, 0.6) is 0 Å². The molecule has 3 atom stereocenters. The van der Waals surface area contributed by atoms with Crippen molar-refractivity contribution in [1.82, 2.24) is 0 Å². The molecule has 0 bridgehead atoms. The van der Waals surface area contributed by atoms with Crippen molar-refractivity contribution >= 4 is 16.6 Å². The van der Waals surface area contributed by atoms with Gasteiger partial charge in [-0.15, -0.1) is 0 Å². The maximum absolute atomic E-state index is 8.77. The molecule has 0 aromatic heterocycles. The van der Waals surface area contributed by atoms with E-state index in [2.05, 4.69) is 114 Å². The first-order valence-corrected chi connectivity index (χ1v) is 18.4. The highest BCUT2D eigenvalue weighted by Gasteiger charge is 2.44. The highest BCUT2D eigenvalue weighted by Crippen LogP contribution is 2.41. The van der Waals surface area contributed by atoms with Crippen molar-refractivity contribution in [3.63, 3.8) is 0 Å². The van der Waals surface area contributed by atoms with Gasteiger partial charge in [0.05, 0.1) is 18.3 Å². The molecule has 0 saturated carbocycles. The molecule has 0 aliphatic rings. The summed E-state index contributed by atoms with van der Waals surface area (Å²) < 4.78 is 13.9. The third-order valence-corrected chi connectivity index (χ3v) is 16.7. The van der Waals surface area contributed by atoms with Gasteiger partial charge in [-0.1, -0.05) is 78.3 Å². The second-order valence-corrected chi connectivity index (χ2v) is 22.4. The highest BCUT2D eigenvalue weighted by atomic mass is 28.4. The van der Waals surface area contributed by atoms with Gasteiger partial charge in [0.15, 0.2) is 16.6 Å². The third kappa shape index (κ3) is 10.2. The zero-order chi connectivity index (χ0) is 27.1. The normalized spacial score (nSPS) is 18.1.